The number of phenols is 2. The van der Waals surface area contributed by atoms with Gasteiger partial charge < -0.3 is 26.6 Å². The Morgan fingerprint density at radius 2 is 0.952 bits per heavy atom. The average molecular weight is 578 g/mol. The van der Waals surface area contributed by atoms with Crippen molar-refractivity contribution in [1.29, 1.82) is 0 Å². The normalized spacial score (nSPS) is 13.7. The fourth-order valence-corrected chi connectivity index (χ4v) is 4.71. The lowest BCUT2D eigenvalue weighted by atomic mass is 9.78. The van der Waals surface area contributed by atoms with Gasteiger partial charge in [-0.05, 0) is 86.2 Å². The van der Waals surface area contributed by atoms with Crippen LogP contribution >= 0.6 is 0 Å². The van der Waals surface area contributed by atoms with E-state index in [4.69, 9.17) is 15.7 Å². The molecular formula is C35H55N5O2. The molecule has 2 aromatic carbocycles. The minimum absolute atomic E-state index is 0.212. The third kappa shape index (κ3) is 9.27. The summed E-state index contributed by atoms with van der Waals surface area (Å²) in [6, 6.07) is 8.13. The van der Waals surface area contributed by atoms with Gasteiger partial charge in [-0.15, -0.1) is 0 Å². The van der Waals surface area contributed by atoms with E-state index in [0.717, 1.165) is 33.4 Å². The number of amidine groups is 1. The van der Waals surface area contributed by atoms with Gasteiger partial charge in [0.1, 0.15) is 17.3 Å². The van der Waals surface area contributed by atoms with E-state index in [2.05, 4.69) is 100 Å². The lowest BCUT2D eigenvalue weighted by Gasteiger charge is -2.28. The van der Waals surface area contributed by atoms with E-state index in [0.29, 0.717) is 36.4 Å². The van der Waals surface area contributed by atoms with Gasteiger partial charge in [0, 0.05) is 0 Å². The average Bonchev–Trinajstić information content (AvgIpc) is 2.79. The van der Waals surface area contributed by atoms with Crippen molar-refractivity contribution in [3.63, 3.8) is 0 Å². The quantitative estimate of drug-likeness (QED) is 0.188. The molecule has 7 heteroatoms. The Kier molecular flexibility index (Phi) is 10.3. The van der Waals surface area contributed by atoms with Gasteiger partial charge in [-0.3, -0.25) is 4.99 Å². The number of hydrogen-bond donors (Lipinski definition) is 5. The summed E-state index contributed by atoms with van der Waals surface area (Å²) in [6.07, 6.45) is 0. The van der Waals surface area contributed by atoms with Crippen LogP contribution in [-0.2, 0) is 34.7 Å². The maximum Gasteiger partial charge on any atom is 0.202 e. The smallest absolute Gasteiger partial charge is 0.202 e. The van der Waals surface area contributed by atoms with Gasteiger partial charge in [0.05, 0.1) is 18.9 Å². The van der Waals surface area contributed by atoms with Crippen molar-refractivity contribution in [1.82, 2.24) is 10.6 Å². The number of nitrogens with zero attached hydrogens (tertiary/aromatic N) is 2. The highest BCUT2D eigenvalue weighted by atomic mass is 16.3. The second kappa shape index (κ2) is 12.4. The maximum atomic E-state index is 11.1. The number of guanidine groups is 1. The Morgan fingerprint density at radius 3 is 1.24 bits per heavy atom. The fourth-order valence-electron chi connectivity index (χ4n) is 4.71. The number of rotatable bonds is 5. The Labute approximate surface area is 254 Å². The van der Waals surface area contributed by atoms with Gasteiger partial charge in [0.25, 0.3) is 0 Å². The summed E-state index contributed by atoms with van der Waals surface area (Å²) in [5.41, 5.74) is 10.6. The third-order valence-electron chi connectivity index (χ3n) is 7.07. The van der Waals surface area contributed by atoms with Crippen LogP contribution < -0.4 is 16.4 Å². The molecule has 232 valence electrons. The first kappa shape index (κ1) is 34.7. The summed E-state index contributed by atoms with van der Waals surface area (Å²) in [5.74, 6) is 2.05. The van der Waals surface area contributed by atoms with E-state index in [9.17, 15) is 10.2 Å². The Morgan fingerprint density at radius 1 is 0.643 bits per heavy atom. The van der Waals surface area contributed by atoms with Crippen LogP contribution in [0, 0.1) is 0 Å². The first-order valence-corrected chi connectivity index (χ1v) is 14.7. The van der Waals surface area contributed by atoms with Crippen LogP contribution in [0.5, 0.6) is 11.5 Å². The molecule has 0 aliphatic rings. The van der Waals surface area contributed by atoms with Crippen LogP contribution in [0.3, 0.4) is 0 Å². The second-order valence-electron chi connectivity index (χ2n) is 15.4. The number of aliphatic imine (C=N–C) groups is 2. The van der Waals surface area contributed by atoms with Crippen molar-refractivity contribution < 1.29 is 10.2 Å². The number of phenolic OH excluding ortho intramolecular Hbond substituents is 2. The van der Waals surface area contributed by atoms with Crippen molar-refractivity contribution in [2.45, 2.75) is 125 Å². The molecule has 0 saturated heterocycles. The first-order valence-electron chi connectivity index (χ1n) is 14.7. The molecule has 0 unspecified atom stereocenters. The van der Waals surface area contributed by atoms with Crippen LogP contribution in [-0.4, -0.2) is 22.0 Å². The summed E-state index contributed by atoms with van der Waals surface area (Å²) >= 11 is 0. The number of aromatic hydroxyl groups is 2. The largest absolute Gasteiger partial charge is 0.507 e. The minimum Gasteiger partial charge on any atom is -0.507 e. The zero-order chi connectivity index (χ0) is 32.4. The van der Waals surface area contributed by atoms with E-state index in [-0.39, 0.29) is 27.5 Å². The molecule has 2 rings (SSSR count). The predicted molar refractivity (Wildman–Crippen MR) is 179 cm³/mol. The van der Waals surface area contributed by atoms with Gasteiger partial charge in [-0.25, -0.2) is 4.99 Å². The van der Waals surface area contributed by atoms with Crippen LogP contribution in [0.15, 0.2) is 46.7 Å². The summed E-state index contributed by atoms with van der Waals surface area (Å²) in [5, 5.41) is 28.4. The minimum atomic E-state index is -0.230. The van der Waals surface area contributed by atoms with Crippen molar-refractivity contribution in [3.05, 3.63) is 70.0 Å². The molecule has 0 aliphatic heterocycles. The molecule has 0 atom stereocenters. The number of nitrogens with one attached hydrogen (secondary N) is 2. The maximum absolute atomic E-state index is 11.1. The Balaban J connectivity index is 2.42. The number of benzene rings is 2. The van der Waals surface area contributed by atoms with E-state index >= 15 is 0 Å². The van der Waals surface area contributed by atoms with E-state index in [1.54, 1.807) is 0 Å². The molecule has 0 aliphatic carbocycles. The zero-order valence-electron chi connectivity index (χ0n) is 28.3. The van der Waals surface area contributed by atoms with Gasteiger partial charge in [-0.1, -0.05) is 89.7 Å². The summed E-state index contributed by atoms with van der Waals surface area (Å²) in [7, 11) is 0. The lowest BCUT2D eigenvalue weighted by Crippen LogP contribution is -2.41. The molecular weight excluding hydrogens is 522 g/mol. The van der Waals surface area contributed by atoms with Crippen LogP contribution in [0.1, 0.15) is 123 Å². The van der Waals surface area contributed by atoms with Crippen molar-refractivity contribution >= 4 is 11.8 Å². The monoisotopic (exact) mass is 577 g/mol. The highest BCUT2D eigenvalue weighted by molar-refractivity contribution is 5.99. The topological polar surface area (TPSA) is 115 Å². The van der Waals surface area contributed by atoms with Crippen LogP contribution in [0.25, 0.3) is 0 Å². The van der Waals surface area contributed by atoms with Crippen LogP contribution in [0.2, 0.25) is 0 Å². The molecule has 0 spiro atoms. The molecule has 0 radical (unpaired) electrons. The van der Waals surface area contributed by atoms with E-state index in [1.165, 1.54) is 0 Å². The van der Waals surface area contributed by atoms with Crippen LogP contribution in [0.4, 0.5) is 0 Å². The molecule has 0 saturated carbocycles. The highest BCUT2D eigenvalue weighted by Gasteiger charge is 2.27. The van der Waals surface area contributed by atoms with Crippen molar-refractivity contribution in [2.24, 2.45) is 15.7 Å². The molecule has 6 N–H and O–H groups in total. The third-order valence-corrected chi connectivity index (χ3v) is 7.07. The molecule has 7 nitrogen and oxygen atoms in total. The molecule has 0 bridgehead atoms. The van der Waals surface area contributed by atoms with Gasteiger partial charge in [-0.2, -0.15) is 0 Å². The van der Waals surface area contributed by atoms with E-state index in [1.807, 2.05) is 31.2 Å². The molecule has 0 amide bonds. The second-order valence-corrected chi connectivity index (χ2v) is 15.4. The molecule has 0 aromatic heterocycles. The molecule has 0 fully saturated rings. The fraction of sp³-hybridized carbons (Fsp3) is 0.543. The molecule has 0 heterocycles. The van der Waals surface area contributed by atoms with Gasteiger partial charge in [0.2, 0.25) is 5.96 Å². The number of nitrogens with two attached hydrogens (primary N) is 1. The summed E-state index contributed by atoms with van der Waals surface area (Å²) in [6.45, 7) is 31.6. The van der Waals surface area contributed by atoms with Crippen molar-refractivity contribution in [3.8, 4) is 11.5 Å². The summed E-state index contributed by atoms with van der Waals surface area (Å²) in [4.78, 5) is 9.54. The summed E-state index contributed by atoms with van der Waals surface area (Å²) < 4.78 is 0. The molecule has 2 aromatic rings. The lowest BCUT2D eigenvalue weighted by molar-refractivity contribution is 0.422. The Bertz CT molecular complexity index is 1290. The number of hydrogen-bond acceptors (Lipinski definition) is 5. The standard InChI is InChI=1S/C35H55N5O2/c1-21(36)39-31(38-20-24-17-27(34(9,10)11)30(42)28(18-24)35(12,13)14)40-22(2)37-19-23-15-25(32(3,4)5)29(41)26(16-23)33(6,7)8/h15-18,41-42H,1,19-20,36H2,2-14H3,(H2,37,38,39,40). The highest BCUT2D eigenvalue weighted by Crippen LogP contribution is 2.41. The van der Waals surface area contributed by atoms with E-state index < -0.39 is 0 Å². The zero-order valence-corrected chi connectivity index (χ0v) is 28.3. The van der Waals surface area contributed by atoms with Gasteiger partial charge in [0.15, 0.2) is 0 Å². The Hall–Kier alpha value is -3.48. The van der Waals surface area contributed by atoms with Gasteiger partial charge >= 0.3 is 0 Å². The SMILES string of the molecule is C=C(N)NC(=NCc1cc(C(C)(C)C)c(O)c(C(C)(C)C)c1)NC(C)=NCc1cc(C(C)(C)C)c(O)c(C(C)(C)C)c1. The molecule has 42 heavy (non-hydrogen) atoms. The predicted octanol–water partition coefficient (Wildman–Crippen LogP) is 7.37. The first-order chi connectivity index (χ1) is 18.9. The van der Waals surface area contributed by atoms with Crippen molar-refractivity contribution in [2.75, 3.05) is 0 Å².